The van der Waals surface area contributed by atoms with E-state index >= 15 is 0 Å². The van der Waals surface area contributed by atoms with Gasteiger partial charge in [-0.2, -0.15) is 0 Å². The number of para-hydroxylation sites is 2. The lowest BCUT2D eigenvalue weighted by molar-refractivity contribution is 0.414. The molecule has 0 saturated carbocycles. The van der Waals surface area contributed by atoms with Crippen molar-refractivity contribution in [3.8, 4) is 5.75 Å². The first kappa shape index (κ1) is 14.8. The third-order valence-electron chi connectivity index (χ3n) is 4.51. The summed E-state index contributed by atoms with van der Waals surface area (Å²) in [5.41, 5.74) is 4.45. The highest BCUT2D eigenvalue weighted by atomic mass is 16.5. The van der Waals surface area contributed by atoms with Crippen molar-refractivity contribution in [2.24, 2.45) is 0 Å². The van der Waals surface area contributed by atoms with Gasteiger partial charge in [0.15, 0.2) is 0 Å². The lowest BCUT2D eigenvalue weighted by Crippen LogP contribution is -2.32. The van der Waals surface area contributed by atoms with E-state index in [9.17, 15) is 4.79 Å². The molecule has 1 aromatic heterocycles. The number of methoxy groups -OCH3 is 1. The first-order chi connectivity index (χ1) is 11.7. The van der Waals surface area contributed by atoms with Gasteiger partial charge in [-0.05, 0) is 48.7 Å². The Balaban J connectivity index is 1.70. The number of ether oxygens (including phenoxy) is 1. The standard InChI is InChI=1S/C19H19N3O2/c1-24-14-8-9-18-13(11-14)5-4-10-22(18)12-17-19(23)21-16-7-3-2-6-15(16)20-17/h2-3,6-9,11H,4-5,10,12H2,1H3,(H,21,23). The summed E-state index contributed by atoms with van der Waals surface area (Å²) in [4.78, 5) is 22.1. The van der Waals surface area contributed by atoms with Gasteiger partial charge in [-0.25, -0.2) is 4.98 Å². The summed E-state index contributed by atoms with van der Waals surface area (Å²) in [5.74, 6) is 0.872. The first-order valence-corrected chi connectivity index (χ1v) is 8.14. The smallest absolute Gasteiger partial charge is 0.271 e. The van der Waals surface area contributed by atoms with Crippen molar-refractivity contribution in [1.82, 2.24) is 9.97 Å². The number of hydrogen-bond acceptors (Lipinski definition) is 4. The van der Waals surface area contributed by atoms with E-state index in [0.717, 1.165) is 41.9 Å². The van der Waals surface area contributed by atoms with Gasteiger partial charge in [-0.1, -0.05) is 12.1 Å². The van der Waals surface area contributed by atoms with Crippen LogP contribution in [0.4, 0.5) is 5.69 Å². The molecule has 2 heterocycles. The van der Waals surface area contributed by atoms with Crippen molar-refractivity contribution in [2.45, 2.75) is 19.4 Å². The molecule has 2 aromatic carbocycles. The number of H-pyrrole nitrogens is 1. The molecule has 0 radical (unpaired) electrons. The van der Waals surface area contributed by atoms with Crippen LogP contribution in [0, 0.1) is 0 Å². The minimum absolute atomic E-state index is 0.116. The lowest BCUT2D eigenvalue weighted by Gasteiger charge is -2.31. The molecule has 5 nitrogen and oxygen atoms in total. The van der Waals surface area contributed by atoms with E-state index in [-0.39, 0.29) is 5.56 Å². The van der Waals surface area contributed by atoms with Gasteiger partial charge in [0, 0.05) is 12.2 Å². The van der Waals surface area contributed by atoms with E-state index in [1.54, 1.807) is 7.11 Å². The predicted molar refractivity (Wildman–Crippen MR) is 94.7 cm³/mol. The molecule has 4 rings (SSSR count). The first-order valence-electron chi connectivity index (χ1n) is 8.14. The number of nitrogens with one attached hydrogen (secondary N) is 1. The predicted octanol–water partition coefficient (Wildman–Crippen LogP) is 2.88. The molecule has 0 spiro atoms. The molecule has 1 aliphatic rings. The number of rotatable bonds is 3. The Morgan fingerprint density at radius 2 is 2.12 bits per heavy atom. The largest absolute Gasteiger partial charge is 0.497 e. The molecule has 0 amide bonds. The maximum Gasteiger partial charge on any atom is 0.271 e. The van der Waals surface area contributed by atoms with E-state index < -0.39 is 0 Å². The fourth-order valence-corrected chi connectivity index (χ4v) is 3.30. The van der Waals surface area contributed by atoms with E-state index in [2.05, 4.69) is 27.0 Å². The third kappa shape index (κ3) is 2.62. The fraction of sp³-hybridized carbons (Fsp3) is 0.263. The van der Waals surface area contributed by atoms with Crippen molar-refractivity contribution in [3.05, 3.63) is 64.1 Å². The number of benzene rings is 2. The second kappa shape index (κ2) is 6.00. The summed E-state index contributed by atoms with van der Waals surface area (Å²) >= 11 is 0. The van der Waals surface area contributed by atoms with Gasteiger partial charge in [-0.15, -0.1) is 0 Å². The van der Waals surface area contributed by atoms with Crippen molar-refractivity contribution in [3.63, 3.8) is 0 Å². The topological polar surface area (TPSA) is 58.2 Å². The minimum Gasteiger partial charge on any atom is -0.497 e. The quantitative estimate of drug-likeness (QED) is 0.806. The zero-order chi connectivity index (χ0) is 16.5. The van der Waals surface area contributed by atoms with E-state index in [1.165, 1.54) is 5.56 Å². The van der Waals surface area contributed by atoms with Gasteiger partial charge in [0.1, 0.15) is 11.4 Å². The molecule has 1 N–H and O–H groups in total. The van der Waals surface area contributed by atoms with Crippen LogP contribution in [-0.2, 0) is 13.0 Å². The molecule has 5 heteroatoms. The van der Waals surface area contributed by atoms with Crippen molar-refractivity contribution in [2.75, 3.05) is 18.6 Å². The molecule has 0 saturated heterocycles. The zero-order valence-electron chi connectivity index (χ0n) is 13.6. The van der Waals surface area contributed by atoms with Crippen molar-refractivity contribution >= 4 is 16.7 Å². The number of hydrogen-bond donors (Lipinski definition) is 1. The highest BCUT2D eigenvalue weighted by Gasteiger charge is 2.19. The summed E-state index contributed by atoms with van der Waals surface area (Å²) in [6.45, 7) is 1.44. The van der Waals surface area contributed by atoms with Crippen LogP contribution in [0.3, 0.4) is 0 Å². The molecule has 0 aliphatic carbocycles. The summed E-state index contributed by atoms with van der Waals surface area (Å²) in [7, 11) is 1.68. The highest BCUT2D eigenvalue weighted by molar-refractivity contribution is 5.73. The van der Waals surface area contributed by atoms with Crippen LogP contribution in [0.2, 0.25) is 0 Å². The van der Waals surface area contributed by atoms with Crippen LogP contribution < -0.4 is 15.2 Å². The Hall–Kier alpha value is -2.82. The summed E-state index contributed by atoms with van der Waals surface area (Å²) in [5, 5.41) is 0. The monoisotopic (exact) mass is 321 g/mol. The molecular weight excluding hydrogens is 302 g/mol. The molecule has 24 heavy (non-hydrogen) atoms. The Kier molecular flexibility index (Phi) is 3.69. The number of aromatic nitrogens is 2. The highest BCUT2D eigenvalue weighted by Crippen LogP contribution is 2.31. The zero-order valence-corrected chi connectivity index (χ0v) is 13.6. The van der Waals surface area contributed by atoms with Crippen LogP contribution in [0.25, 0.3) is 11.0 Å². The van der Waals surface area contributed by atoms with E-state index in [4.69, 9.17) is 4.74 Å². The molecule has 122 valence electrons. The average Bonchev–Trinajstić information content (AvgIpc) is 2.62. The van der Waals surface area contributed by atoms with Gasteiger partial charge in [-0.3, -0.25) is 4.79 Å². The molecule has 0 unspecified atom stereocenters. The number of aryl methyl sites for hydroxylation is 1. The van der Waals surface area contributed by atoms with Crippen LogP contribution in [0.15, 0.2) is 47.3 Å². The van der Waals surface area contributed by atoms with Gasteiger partial charge >= 0.3 is 0 Å². The van der Waals surface area contributed by atoms with Gasteiger partial charge < -0.3 is 14.6 Å². The number of nitrogens with zero attached hydrogens (tertiary/aromatic N) is 2. The molecule has 3 aromatic rings. The SMILES string of the molecule is COc1ccc2c(c1)CCCN2Cc1nc2ccccc2[nH]c1=O. The maximum absolute atomic E-state index is 12.4. The van der Waals surface area contributed by atoms with Crippen molar-refractivity contribution < 1.29 is 4.74 Å². The van der Waals surface area contributed by atoms with Crippen LogP contribution in [-0.4, -0.2) is 23.6 Å². The van der Waals surface area contributed by atoms with Crippen LogP contribution >= 0.6 is 0 Å². The second-order valence-corrected chi connectivity index (χ2v) is 6.05. The Labute approximate surface area is 139 Å². The number of anilines is 1. The molecule has 1 aliphatic heterocycles. The average molecular weight is 321 g/mol. The van der Waals surface area contributed by atoms with Crippen LogP contribution in [0.1, 0.15) is 17.7 Å². The Morgan fingerprint density at radius 1 is 1.25 bits per heavy atom. The Morgan fingerprint density at radius 3 is 3.00 bits per heavy atom. The number of fused-ring (bicyclic) bond motifs is 2. The Bertz CT molecular complexity index is 949. The van der Waals surface area contributed by atoms with Gasteiger partial charge in [0.25, 0.3) is 5.56 Å². The van der Waals surface area contributed by atoms with E-state index in [0.29, 0.717) is 12.2 Å². The van der Waals surface area contributed by atoms with Crippen LogP contribution in [0.5, 0.6) is 5.75 Å². The summed E-state index contributed by atoms with van der Waals surface area (Å²) in [6, 6.07) is 13.7. The summed E-state index contributed by atoms with van der Waals surface area (Å²) < 4.78 is 5.32. The minimum atomic E-state index is -0.116. The molecule has 0 fully saturated rings. The summed E-state index contributed by atoms with van der Waals surface area (Å²) in [6.07, 6.45) is 2.09. The maximum atomic E-state index is 12.4. The number of aromatic amines is 1. The van der Waals surface area contributed by atoms with Gasteiger partial charge in [0.2, 0.25) is 0 Å². The normalized spacial score (nSPS) is 13.8. The molecule has 0 bridgehead atoms. The second-order valence-electron chi connectivity index (χ2n) is 6.05. The van der Waals surface area contributed by atoms with Crippen molar-refractivity contribution in [1.29, 1.82) is 0 Å². The van der Waals surface area contributed by atoms with E-state index in [1.807, 2.05) is 30.3 Å². The lowest BCUT2D eigenvalue weighted by atomic mass is 10.0. The van der Waals surface area contributed by atoms with Gasteiger partial charge in [0.05, 0.1) is 24.7 Å². The molecular formula is C19H19N3O2. The third-order valence-corrected chi connectivity index (χ3v) is 4.51. The fourth-order valence-electron chi connectivity index (χ4n) is 3.30. The molecule has 0 atom stereocenters.